The fraction of sp³-hybridized carbons (Fsp3) is 0.136. The molecule has 5 rings (SSSR count). The molecule has 0 aliphatic carbocycles. The Kier molecular flexibility index (Phi) is 4.44. The van der Waals surface area contributed by atoms with Crippen molar-refractivity contribution in [2.24, 2.45) is 10.7 Å². The number of nitrogens with zero attached hydrogens (tertiary/aromatic N) is 3. The number of ether oxygens (including phenoxy) is 1. The van der Waals surface area contributed by atoms with E-state index in [-0.39, 0.29) is 0 Å². The molecule has 8 nitrogen and oxygen atoms in total. The number of carbonyl (C=O) groups is 1. The summed E-state index contributed by atoms with van der Waals surface area (Å²) >= 11 is 0. The molecule has 0 bridgehead atoms. The normalized spacial score (nSPS) is 17.7. The smallest absolute Gasteiger partial charge is 0.265 e. The predicted molar refractivity (Wildman–Crippen MR) is 112 cm³/mol. The molecule has 2 aromatic heterocycles. The Morgan fingerprint density at radius 1 is 1.23 bits per heavy atom. The van der Waals surface area contributed by atoms with Crippen LogP contribution in [0.25, 0.3) is 5.52 Å². The number of aliphatic imine (C=N–C) groups is 1. The molecule has 1 atom stereocenters. The monoisotopic (exact) mass is 400 g/mol. The van der Waals surface area contributed by atoms with E-state index in [2.05, 4.69) is 27.8 Å². The maximum atomic E-state index is 11.7. The number of hydrogen-bond donors (Lipinski definition) is 3. The number of nitrogens with one attached hydrogen (secondary N) is 2. The van der Waals surface area contributed by atoms with Crippen molar-refractivity contribution >= 4 is 17.3 Å². The molecule has 0 fully saturated rings. The Morgan fingerprint density at radius 3 is 2.93 bits per heavy atom. The van der Waals surface area contributed by atoms with Gasteiger partial charge in [0.25, 0.3) is 5.91 Å². The second-order valence-corrected chi connectivity index (χ2v) is 7.03. The van der Waals surface area contributed by atoms with Crippen molar-refractivity contribution in [1.82, 2.24) is 20.0 Å². The van der Waals surface area contributed by atoms with Crippen LogP contribution in [0.1, 0.15) is 34.3 Å². The number of amides is 1. The summed E-state index contributed by atoms with van der Waals surface area (Å²) in [5.74, 6) is 0.898. The van der Waals surface area contributed by atoms with Crippen molar-refractivity contribution < 1.29 is 9.53 Å². The average molecular weight is 400 g/mol. The number of allylic oxidation sites excluding steroid dienone is 1. The minimum atomic E-state index is -0.513. The summed E-state index contributed by atoms with van der Waals surface area (Å²) in [6.45, 7) is 0.659. The first-order valence-corrected chi connectivity index (χ1v) is 9.64. The van der Waals surface area contributed by atoms with Crippen LogP contribution in [0.15, 0.2) is 83.6 Å². The molecule has 30 heavy (non-hydrogen) atoms. The molecule has 2 aliphatic heterocycles. The molecule has 150 valence electrons. The molecular weight excluding hydrogens is 380 g/mol. The Balaban J connectivity index is 1.49. The van der Waals surface area contributed by atoms with Crippen LogP contribution in [0.4, 0.5) is 0 Å². The van der Waals surface area contributed by atoms with Gasteiger partial charge in [0.1, 0.15) is 23.5 Å². The maximum Gasteiger partial charge on any atom is 0.265 e. The largest absolute Gasteiger partial charge is 0.447 e. The van der Waals surface area contributed by atoms with E-state index in [0.717, 1.165) is 16.9 Å². The minimum absolute atomic E-state index is 0.366. The highest BCUT2D eigenvalue weighted by Gasteiger charge is 2.28. The first kappa shape index (κ1) is 18.0. The Labute approximate surface area is 172 Å². The van der Waals surface area contributed by atoms with Gasteiger partial charge in [-0.3, -0.25) is 9.20 Å². The van der Waals surface area contributed by atoms with Gasteiger partial charge < -0.3 is 21.1 Å². The second-order valence-electron chi connectivity index (χ2n) is 7.03. The van der Waals surface area contributed by atoms with E-state index in [4.69, 9.17) is 15.5 Å². The Hall–Kier alpha value is -4.07. The summed E-state index contributed by atoms with van der Waals surface area (Å²) in [6, 6.07) is 15.5. The Bertz CT molecular complexity index is 1210. The lowest BCUT2D eigenvalue weighted by atomic mass is 10.1. The minimum Gasteiger partial charge on any atom is -0.447 e. The highest BCUT2D eigenvalue weighted by Crippen LogP contribution is 2.28. The van der Waals surface area contributed by atoms with Gasteiger partial charge in [-0.1, -0.05) is 36.4 Å². The van der Waals surface area contributed by atoms with Crippen LogP contribution in [0.3, 0.4) is 0 Å². The summed E-state index contributed by atoms with van der Waals surface area (Å²) in [7, 11) is 0. The lowest BCUT2D eigenvalue weighted by molar-refractivity contribution is 0.0994. The van der Waals surface area contributed by atoms with Crippen LogP contribution in [0.5, 0.6) is 0 Å². The van der Waals surface area contributed by atoms with E-state index >= 15 is 0 Å². The number of pyridine rings is 1. The molecule has 1 aromatic carbocycles. The number of rotatable bonds is 5. The second kappa shape index (κ2) is 7.40. The first-order valence-electron chi connectivity index (χ1n) is 9.64. The van der Waals surface area contributed by atoms with Crippen molar-refractivity contribution in [1.29, 1.82) is 0 Å². The van der Waals surface area contributed by atoms with Crippen molar-refractivity contribution in [3.63, 3.8) is 0 Å². The first-order chi connectivity index (χ1) is 14.7. The van der Waals surface area contributed by atoms with Crippen molar-refractivity contribution in [3.8, 4) is 0 Å². The SMILES string of the molecule is NC(=O)c1cccc2c(C3N=C4OC=CCC4=C(NCc4ccccc4)N3)ncn12. The summed E-state index contributed by atoms with van der Waals surface area (Å²) in [5.41, 5.74) is 9.43. The van der Waals surface area contributed by atoms with Crippen LogP contribution < -0.4 is 16.4 Å². The third-order valence-corrected chi connectivity index (χ3v) is 5.11. The molecule has 0 radical (unpaired) electrons. The maximum absolute atomic E-state index is 11.7. The molecule has 1 amide bonds. The molecular formula is C22H20N6O2. The number of benzene rings is 1. The zero-order valence-corrected chi connectivity index (χ0v) is 16.1. The van der Waals surface area contributed by atoms with Crippen molar-refractivity contribution in [3.05, 3.63) is 95.5 Å². The van der Waals surface area contributed by atoms with Gasteiger partial charge in [-0.25, -0.2) is 9.98 Å². The van der Waals surface area contributed by atoms with Gasteiger partial charge in [0.15, 0.2) is 6.17 Å². The molecule has 3 aromatic rings. The van der Waals surface area contributed by atoms with Gasteiger partial charge in [-0.15, -0.1) is 0 Å². The summed E-state index contributed by atoms with van der Waals surface area (Å²) in [6.07, 6.45) is 5.43. The van der Waals surface area contributed by atoms with Gasteiger partial charge >= 0.3 is 0 Å². The molecule has 2 aliphatic rings. The van der Waals surface area contributed by atoms with E-state index in [9.17, 15) is 4.79 Å². The molecule has 8 heteroatoms. The van der Waals surface area contributed by atoms with Crippen LogP contribution >= 0.6 is 0 Å². The van der Waals surface area contributed by atoms with Crippen LogP contribution in [0.2, 0.25) is 0 Å². The molecule has 4 heterocycles. The zero-order valence-electron chi connectivity index (χ0n) is 16.1. The number of carbonyl (C=O) groups excluding carboxylic acids is 1. The predicted octanol–water partition coefficient (Wildman–Crippen LogP) is 2.37. The summed E-state index contributed by atoms with van der Waals surface area (Å²) < 4.78 is 7.37. The van der Waals surface area contributed by atoms with Crippen molar-refractivity contribution in [2.75, 3.05) is 0 Å². The van der Waals surface area contributed by atoms with E-state index in [1.54, 1.807) is 29.1 Å². The number of nitrogens with two attached hydrogens (primary N) is 1. The Morgan fingerprint density at radius 2 is 2.10 bits per heavy atom. The van der Waals surface area contributed by atoms with Crippen LogP contribution in [0, 0.1) is 0 Å². The van der Waals surface area contributed by atoms with Gasteiger partial charge in [-0.05, 0) is 23.8 Å². The highest BCUT2D eigenvalue weighted by molar-refractivity contribution is 5.96. The third-order valence-electron chi connectivity index (χ3n) is 5.11. The summed E-state index contributed by atoms with van der Waals surface area (Å²) in [5, 5.41) is 6.91. The topological polar surface area (TPSA) is 106 Å². The standard InChI is InChI=1S/C22H20N6O2/c23-19(29)17-10-4-9-16-18(25-13-28(16)17)21-26-20(15-8-5-11-30-22(15)27-21)24-12-14-6-2-1-3-7-14/h1-7,9-11,13,21,24,26H,8,12H2,(H2,23,29). The molecule has 0 saturated carbocycles. The molecule has 4 N–H and O–H groups in total. The number of primary amides is 1. The fourth-order valence-electron chi connectivity index (χ4n) is 3.65. The van der Waals surface area contributed by atoms with Gasteiger partial charge in [-0.2, -0.15) is 0 Å². The van der Waals surface area contributed by atoms with Crippen molar-refractivity contribution in [2.45, 2.75) is 19.1 Å². The van der Waals surface area contributed by atoms with Gasteiger partial charge in [0.05, 0.1) is 17.4 Å². The molecule has 0 spiro atoms. The van der Waals surface area contributed by atoms with Gasteiger partial charge in [0.2, 0.25) is 5.90 Å². The van der Waals surface area contributed by atoms with E-state index in [1.165, 1.54) is 5.56 Å². The van der Waals surface area contributed by atoms with E-state index in [1.807, 2.05) is 30.3 Å². The fourth-order valence-corrected chi connectivity index (χ4v) is 3.65. The number of fused-ring (bicyclic) bond motifs is 2. The highest BCUT2D eigenvalue weighted by atomic mass is 16.5. The summed E-state index contributed by atoms with van der Waals surface area (Å²) in [4.78, 5) is 21.0. The van der Waals surface area contributed by atoms with E-state index in [0.29, 0.717) is 30.3 Å². The van der Waals surface area contributed by atoms with Gasteiger partial charge in [0, 0.05) is 13.0 Å². The number of imidazole rings is 1. The lowest BCUT2D eigenvalue weighted by Gasteiger charge is -2.28. The number of aromatic nitrogens is 2. The van der Waals surface area contributed by atoms with Crippen LogP contribution in [-0.4, -0.2) is 21.2 Å². The third kappa shape index (κ3) is 3.18. The quantitative estimate of drug-likeness (QED) is 0.610. The lowest BCUT2D eigenvalue weighted by Crippen LogP contribution is -2.37. The zero-order chi connectivity index (χ0) is 20.5. The van der Waals surface area contributed by atoms with Crippen LogP contribution in [-0.2, 0) is 11.3 Å². The average Bonchev–Trinajstić information content (AvgIpc) is 3.22. The van der Waals surface area contributed by atoms with E-state index < -0.39 is 12.1 Å². The number of hydrogen-bond acceptors (Lipinski definition) is 6. The molecule has 1 unspecified atom stereocenters. The molecule has 0 saturated heterocycles.